The molecule has 5 rings (SSSR count). The van der Waals surface area contributed by atoms with Crippen LogP contribution in [0.2, 0.25) is 0 Å². The minimum absolute atomic E-state index is 0.0700. The van der Waals surface area contributed by atoms with E-state index in [0.717, 1.165) is 54.2 Å². The maximum atomic E-state index is 13.3. The molecule has 6 nitrogen and oxygen atoms in total. The molecule has 4 aromatic rings. The van der Waals surface area contributed by atoms with Crippen molar-refractivity contribution in [2.24, 2.45) is 0 Å². The molecule has 6 heteroatoms. The molecule has 0 unspecified atom stereocenters. The van der Waals surface area contributed by atoms with Gasteiger partial charge in [0.05, 0.1) is 16.8 Å². The lowest BCUT2D eigenvalue weighted by Crippen LogP contribution is -2.36. The fourth-order valence-corrected chi connectivity index (χ4v) is 3.98. The smallest absolute Gasteiger partial charge is 0.256 e. The standard InChI is InChI=1S/C24H23N5O/c30-23(20-9-2-4-11-22(20)27-12-5-6-13-27)28-14-7-15-29(17-16-28)24-25-18-19-8-1-3-10-21(19)26-24/h1-6,8-13,18H,7,14-17H2. The van der Waals surface area contributed by atoms with Crippen molar-refractivity contribution in [1.82, 2.24) is 19.4 Å². The SMILES string of the molecule is O=C(c1ccccc1-n1cccc1)N1CCCN(c2ncc3ccccc3n2)CC1. The predicted molar refractivity (Wildman–Crippen MR) is 118 cm³/mol. The number of benzene rings is 2. The third-order valence-corrected chi connectivity index (χ3v) is 5.56. The third-order valence-electron chi connectivity index (χ3n) is 5.56. The van der Waals surface area contributed by atoms with Crippen LogP contribution in [0.25, 0.3) is 16.6 Å². The van der Waals surface area contributed by atoms with Gasteiger partial charge in [-0.1, -0.05) is 30.3 Å². The van der Waals surface area contributed by atoms with E-state index >= 15 is 0 Å². The molecule has 0 N–H and O–H groups in total. The van der Waals surface area contributed by atoms with Gasteiger partial charge in [0.25, 0.3) is 5.91 Å². The number of aromatic nitrogens is 3. The van der Waals surface area contributed by atoms with Crippen LogP contribution in [-0.4, -0.2) is 51.5 Å². The Bertz CT molecular complexity index is 1170. The van der Waals surface area contributed by atoms with Crippen LogP contribution in [-0.2, 0) is 0 Å². The first-order valence-corrected chi connectivity index (χ1v) is 10.3. The summed E-state index contributed by atoms with van der Waals surface area (Å²) < 4.78 is 1.99. The van der Waals surface area contributed by atoms with E-state index in [1.165, 1.54) is 0 Å². The lowest BCUT2D eigenvalue weighted by molar-refractivity contribution is 0.0767. The van der Waals surface area contributed by atoms with Crippen LogP contribution in [0.3, 0.4) is 0 Å². The number of carbonyl (C=O) groups is 1. The van der Waals surface area contributed by atoms with Crippen molar-refractivity contribution in [2.45, 2.75) is 6.42 Å². The van der Waals surface area contributed by atoms with E-state index in [0.29, 0.717) is 6.54 Å². The number of carbonyl (C=O) groups excluding carboxylic acids is 1. The highest BCUT2D eigenvalue weighted by Gasteiger charge is 2.23. The molecule has 30 heavy (non-hydrogen) atoms. The summed E-state index contributed by atoms with van der Waals surface area (Å²) in [7, 11) is 0. The molecule has 3 heterocycles. The topological polar surface area (TPSA) is 54.3 Å². The number of rotatable bonds is 3. The lowest BCUT2D eigenvalue weighted by atomic mass is 10.1. The first-order valence-electron chi connectivity index (χ1n) is 10.3. The number of hydrogen-bond donors (Lipinski definition) is 0. The van der Waals surface area contributed by atoms with Gasteiger partial charge in [-0.15, -0.1) is 0 Å². The fraction of sp³-hybridized carbons (Fsp3) is 0.208. The fourth-order valence-electron chi connectivity index (χ4n) is 3.98. The number of fused-ring (bicyclic) bond motifs is 1. The highest BCUT2D eigenvalue weighted by atomic mass is 16.2. The van der Waals surface area contributed by atoms with Crippen molar-refractivity contribution in [3.63, 3.8) is 0 Å². The van der Waals surface area contributed by atoms with Crippen LogP contribution in [0.15, 0.2) is 79.3 Å². The molecule has 0 spiro atoms. The van der Waals surface area contributed by atoms with E-state index < -0.39 is 0 Å². The molecule has 150 valence electrons. The van der Waals surface area contributed by atoms with E-state index in [1.807, 2.05) is 88.7 Å². The summed E-state index contributed by atoms with van der Waals surface area (Å²) in [5, 5.41) is 1.04. The zero-order valence-electron chi connectivity index (χ0n) is 16.7. The van der Waals surface area contributed by atoms with E-state index in [9.17, 15) is 4.79 Å². The quantitative estimate of drug-likeness (QED) is 0.528. The predicted octanol–water partition coefficient (Wildman–Crippen LogP) is 3.77. The zero-order valence-corrected chi connectivity index (χ0v) is 16.7. The summed E-state index contributed by atoms with van der Waals surface area (Å²) in [5.74, 6) is 0.802. The van der Waals surface area contributed by atoms with Crippen LogP contribution in [0.1, 0.15) is 16.8 Å². The number of nitrogens with zero attached hydrogens (tertiary/aromatic N) is 5. The van der Waals surface area contributed by atoms with Crippen molar-refractivity contribution in [2.75, 3.05) is 31.1 Å². The van der Waals surface area contributed by atoms with Gasteiger partial charge in [-0.3, -0.25) is 4.79 Å². The number of para-hydroxylation sites is 2. The molecule has 1 amide bonds. The van der Waals surface area contributed by atoms with Crippen molar-refractivity contribution in [3.8, 4) is 5.69 Å². The average molecular weight is 397 g/mol. The minimum atomic E-state index is 0.0700. The molecule has 1 aliphatic heterocycles. The summed E-state index contributed by atoms with van der Waals surface area (Å²) >= 11 is 0. The van der Waals surface area contributed by atoms with Crippen LogP contribution < -0.4 is 4.90 Å². The monoisotopic (exact) mass is 397 g/mol. The highest BCUT2D eigenvalue weighted by molar-refractivity contribution is 5.97. The van der Waals surface area contributed by atoms with Gasteiger partial charge >= 0.3 is 0 Å². The molecule has 0 bridgehead atoms. The Morgan fingerprint density at radius 2 is 1.63 bits per heavy atom. The van der Waals surface area contributed by atoms with Gasteiger partial charge in [-0.05, 0) is 36.8 Å². The van der Waals surface area contributed by atoms with Gasteiger partial charge < -0.3 is 14.4 Å². The van der Waals surface area contributed by atoms with Crippen LogP contribution >= 0.6 is 0 Å². The van der Waals surface area contributed by atoms with E-state index in [-0.39, 0.29) is 5.91 Å². The number of hydrogen-bond acceptors (Lipinski definition) is 4. The van der Waals surface area contributed by atoms with E-state index in [1.54, 1.807) is 0 Å². The average Bonchev–Trinajstić information content (AvgIpc) is 3.23. The number of anilines is 1. The molecule has 2 aromatic carbocycles. The van der Waals surface area contributed by atoms with Crippen LogP contribution in [0, 0.1) is 0 Å². The van der Waals surface area contributed by atoms with Crippen molar-refractivity contribution >= 4 is 22.8 Å². The summed E-state index contributed by atoms with van der Waals surface area (Å²) in [4.78, 5) is 26.8. The van der Waals surface area contributed by atoms with Gasteiger partial charge in [-0.25, -0.2) is 9.97 Å². The molecular weight excluding hydrogens is 374 g/mol. The second kappa shape index (κ2) is 7.99. The van der Waals surface area contributed by atoms with Gasteiger partial charge in [0, 0.05) is 50.2 Å². The van der Waals surface area contributed by atoms with Gasteiger partial charge in [-0.2, -0.15) is 0 Å². The maximum absolute atomic E-state index is 13.3. The minimum Gasteiger partial charge on any atom is -0.339 e. The molecule has 2 aromatic heterocycles. The Hall–Kier alpha value is -3.67. The van der Waals surface area contributed by atoms with Gasteiger partial charge in [0.15, 0.2) is 0 Å². The molecule has 0 radical (unpaired) electrons. The lowest BCUT2D eigenvalue weighted by Gasteiger charge is -2.23. The Kier molecular flexibility index (Phi) is 4.89. The summed E-state index contributed by atoms with van der Waals surface area (Å²) in [6, 6.07) is 19.7. The second-order valence-corrected chi connectivity index (χ2v) is 7.47. The van der Waals surface area contributed by atoms with Gasteiger partial charge in [0.1, 0.15) is 0 Å². The molecule has 0 saturated carbocycles. The highest BCUT2D eigenvalue weighted by Crippen LogP contribution is 2.20. The Morgan fingerprint density at radius 1 is 0.833 bits per heavy atom. The summed E-state index contributed by atoms with van der Waals surface area (Å²) in [5.41, 5.74) is 2.58. The maximum Gasteiger partial charge on any atom is 0.256 e. The molecule has 0 atom stereocenters. The second-order valence-electron chi connectivity index (χ2n) is 7.47. The largest absolute Gasteiger partial charge is 0.339 e. The first kappa shape index (κ1) is 18.4. The van der Waals surface area contributed by atoms with Crippen molar-refractivity contribution in [1.29, 1.82) is 0 Å². The Morgan fingerprint density at radius 3 is 2.53 bits per heavy atom. The van der Waals surface area contributed by atoms with Crippen molar-refractivity contribution < 1.29 is 4.79 Å². The number of amides is 1. The molecule has 1 saturated heterocycles. The zero-order chi connectivity index (χ0) is 20.3. The van der Waals surface area contributed by atoms with E-state index in [2.05, 4.69) is 9.88 Å². The molecular formula is C24H23N5O. The summed E-state index contributed by atoms with van der Waals surface area (Å²) in [6.45, 7) is 2.93. The Balaban J connectivity index is 1.35. The summed E-state index contributed by atoms with van der Waals surface area (Å²) in [6.07, 6.45) is 6.69. The Labute approximate surface area is 175 Å². The van der Waals surface area contributed by atoms with E-state index in [4.69, 9.17) is 4.98 Å². The molecule has 0 aliphatic carbocycles. The first-order chi connectivity index (χ1) is 14.8. The van der Waals surface area contributed by atoms with Crippen molar-refractivity contribution in [3.05, 3.63) is 84.8 Å². The van der Waals surface area contributed by atoms with Crippen LogP contribution in [0.5, 0.6) is 0 Å². The normalized spacial score (nSPS) is 14.7. The van der Waals surface area contributed by atoms with Gasteiger partial charge in [0.2, 0.25) is 5.95 Å². The molecule has 1 aliphatic rings. The molecule has 1 fully saturated rings. The third kappa shape index (κ3) is 3.52. The van der Waals surface area contributed by atoms with Crippen LogP contribution in [0.4, 0.5) is 5.95 Å².